The first-order valence-electron chi connectivity index (χ1n) is 5.31. The fraction of sp³-hybridized carbons (Fsp3) is 0. The van der Waals surface area contributed by atoms with Gasteiger partial charge in [-0.25, -0.2) is 0 Å². The molecule has 2 aromatic heterocycles. The van der Waals surface area contributed by atoms with E-state index >= 15 is 0 Å². The summed E-state index contributed by atoms with van der Waals surface area (Å²) in [7, 11) is 0. The van der Waals surface area contributed by atoms with E-state index < -0.39 is 0 Å². The van der Waals surface area contributed by atoms with Crippen molar-refractivity contribution in [3.05, 3.63) is 48.7 Å². The van der Waals surface area contributed by atoms with Crippen LogP contribution in [-0.2, 0) is 0 Å². The van der Waals surface area contributed by atoms with Crippen LogP contribution in [0.5, 0.6) is 0 Å². The number of rotatable bonds is 0. The van der Waals surface area contributed by atoms with Gasteiger partial charge >= 0.3 is 98.3 Å². The van der Waals surface area contributed by atoms with Crippen molar-refractivity contribution in [3.8, 4) is 0 Å². The third-order valence-corrected chi connectivity index (χ3v) is 5.63. The molecule has 0 spiro atoms. The van der Waals surface area contributed by atoms with Crippen LogP contribution in [0.1, 0.15) is 0 Å². The number of aromatic nitrogens is 1. The molecule has 0 aliphatic carbocycles. The molecule has 0 atom stereocenters. The normalized spacial score (nSPS) is 11.8. The standard InChI is InChI=1S/C14H9NSe/c1-2-4-13-9(3-1)10-5-6-12-11(7-8-15-12)14(10)16-13/h1-8,15H. The van der Waals surface area contributed by atoms with Crippen molar-refractivity contribution in [2.45, 2.75) is 0 Å². The van der Waals surface area contributed by atoms with Crippen molar-refractivity contribution < 1.29 is 0 Å². The molecule has 0 saturated heterocycles. The van der Waals surface area contributed by atoms with Gasteiger partial charge in [-0.3, -0.25) is 0 Å². The van der Waals surface area contributed by atoms with E-state index in [9.17, 15) is 0 Å². The van der Waals surface area contributed by atoms with Crippen LogP contribution in [0.25, 0.3) is 30.2 Å². The van der Waals surface area contributed by atoms with Crippen LogP contribution in [0.2, 0.25) is 0 Å². The SMILES string of the molecule is c1ccc2c(c1)[se]c1c3cc[nH]c3ccc21. The number of nitrogens with one attached hydrogen (secondary N) is 1. The molecule has 16 heavy (non-hydrogen) atoms. The van der Waals surface area contributed by atoms with E-state index in [1.54, 1.807) is 0 Å². The van der Waals surface area contributed by atoms with Crippen molar-refractivity contribution >= 4 is 44.7 Å². The first kappa shape index (κ1) is 8.63. The van der Waals surface area contributed by atoms with E-state index in [1.165, 1.54) is 30.2 Å². The summed E-state index contributed by atoms with van der Waals surface area (Å²) >= 11 is 0.466. The van der Waals surface area contributed by atoms with Crippen LogP contribution in [-0.4, -0.2) is 19.5 Å². The molecule has 76 valence electrons. The van der Waals surface area contributed by atoms with E-state index in [1.807, 2.05) is 6.20 Å². The zero-order valence-electron chi connectivity index (χ0n) is 8.53. The van der Waals surface area contributed by atoms with Gasteiger partial charge in [-0.2, -0.15) is 0 Å². The van der Waals surface area contributed by atoms with Gasteiger partial charge in [-0.15, -0.1) is 0 Å². The Balaban J connectivity index is 2.38. The zero-order chi connectivity index (χ0) is 10.5. The Morgan fingerprint density at radius 2 is 1.75 bits per heavy atom. The molecule has 2 aromatic carbocycles. The third-order valence-electron chi connectivity index (χ3n) is 3.07. The minimum atomic E-state index is 0.466. The topological polar surface area (TPSA) is 15.8 Å². The molecule has 0 fully saturated rings. The van der Waals surface area contributed by atoms with E-state index in [2.05, 4.69) is 47.4 Å². The second-order valence-electron chi connectivity index (χ2n) is 3.98. The minimum absolute atomic E-state index is 0.466. The molecule has 1 nitrogen and oxygen atoms in total. The molecule has 0 unspecified atom stereocenters. The molecule has 0 amide bonds. The van der Waals surface area contributed by atoms with Gasteiger partial charge < -0.3 is 0 Å². The number of H-pyrrole nitrogens is 1. The average molecular weight is 270 g/mol. The molecule has 2 heteroatoms. The summed E-state index contributed by atoms with van der Waals surface area (Å²) in [6.45, 7) is 0. The maximum atomic E-state index is 3.29. The molecule has 0 radical (unpaired) electrons. The van der Waals surface area contributed by atoms with Crippen LogP contribution in [0, 0.1) is 0 Å². The van der Waals surface area contributed by atoms with E-state index in [0.717, 1.165) is 0 Å². The van der Waals surface area contributed by atoms with Gasteiger partial charge in [-0.1, -0.05) is 0 Å². The van der Waals surface area contributed by atoms with Gasteiger partial charge in [0.2, 0.25) is 0 Å². The molecule has 4 rings (SSSR count). The van der Waals surface area contributed by atoms with Crippen molar-refractivity contribution in [2.75, 3.05) is 0 Å². The molecular weight excluding hydrogens is 261 g/mol. The summed E-state index contributed by atoms with van der Waals surface area (Å²) in [5.74, 6) is 0. The molecule has 0 aliphatic rings. The van der Waals surface area contributed by atoms with Crippen molar-refractivity contribution in [3.63, 3.8) is 0 Å². The van der Waals surface area contributed by atoms with E-state index in [4.69, 9.17) is 0 Å². The molecule has 0 bridgehead atoms. The van der Waals surface area contributed by atoms with Gasteiger partial charge in [0.05, 0.1) is 0 Å². The number of benzene rings is 2. The fourth-order valence-electron chi connectivity index (χ4n) is 2.32. The number of hydrogen-bond acceptors (Lipinski definition) is 0. The third kappa shape index (κ3) is 1.01. The Morgan fingerprint density at radius 1 is 0.812 bits per heavy atom. The predicted molar refractivity (Wildman–Crippen MR) is 70.3 cm³/mol. The van der Waals surface area contributed by atoms with Gasteiger partial charge in [0.25, 0.3) is 0 Å². The monoisotopic (exact) mass is 271 g/mol. The van der Waals surface area contributed by atoms with Crippen molar-refractivity contribution in [2.24, 2.45) is 0 Å². The van der Waals surface area contributed by atoms with E-state index in [0.29, 0.717) is 14.5 Å². The van der Waals surface area contributed by atoms with Gasteiger partial charge in [0, 0.05) is 0 Å². The molecule has 0 aliphatic heterocycles. The Labute approximate surface area is 98.4 Å². The molecule has 4 aromatic rings. The summed E-state index contributed by atoms with van der Waals surface area (Å²) in [5.41, 5.74) is 1.26. The molecule has 1 N–H and O–H groups in total. The van der Waals surface area contributed by atoms with Crippen LogP contribution in [0.15, 0.2) is 48.7 Å². The number of aromatic amines is 1. The molecule has 0 saturated carbocycles. The average Bonchev–Trinajstić information content (AvgIpc) is 2.92. The number of hydrogen-bond donors (Lipinski definition) is 1. The van der Waals surface area contributed by atoms with Gasteiger partial charge in [-0.05, 0) is 0 Å². The molecular formula is C14H9NSe. The van der Waals surface area contributed by atoms with Crippen LogP contribution in [0.3, 0.4) is 0 Å². The van der Waals surface area contributed by atoms with Crippen LogP contribution >= 0.6 is 0 Å². The first-order chi connectivity index (χ1) is 7.93. The van der Waals surface area contributed by atoms with E-state index in [-0.39, 0.29) is 0 Å². The second kappa shape index (κ2) is 3.00. The Morgan fingerprint density at radius 3 is 2.75 bits per heavy atom. The Kier molecular flexibility index (Phi) is 1.62. The van der Waals surface area contributed by atoms with Crippen LogP contribution < -0.4 is 0 Å². The number of fused-ring (bicyclic) bond motifs is 5. The summed E-state index contributed by atoms with van der Waals surface area (Å²) in [5, 5.41) is 4.26. The first-order valence-corrected chi connectivity index (χ1v) is 7.02. The molecule has 2 heterocycles. The van der Waals surface area contributed by atoms with Gasteiger partial charge in [0.15, 0.2) is 0 Å². The zero-order valence-corrected chi connectivity index (χ0v) is 10.2. The van der Waals surface area contributed by atoms with Crippen LogP contribution in [0.4, 0.5) is 0 Å². The van der Waals surface area contributed by atoms with Crippen molar-refractivity contribution in [1.82, 2.24) is 4.98 Å². The summed E-state index contributed by atoms with van der Waals surface area (Å²) in [6.07, 6.45) is 2.03. The summed E-state index contributed by atoms with van der Waals surface area (Å²) < 4.78 is 3.05. The maximum absolute atomic E-state index is 3.29. The van der Waals surface area contributed by atoms with Gasteiger partial charge in [0.1, 0.15) is 0 Å². The fourth-order valence-corrected chi connectivity index (χ4v) is 4.90. The van der Waals surface area contributed by atoms with Crippen molar-refractivity contribution in [1.29, 1.82) is 0 Å². The Bertz CT molecular complexity index is 807. The predicted octanol–water partition coefficient (Wildman–Crippen LogP) is 3.53. The summed E-state index contributed by atoms with van der Waals surface area (Å²) in [4.78, 5) is 3.29. The summed E-state index contributed by atoms with van der Waals surface area (Å²) in [6, 6.07) is 15.4. The second-order valence-corrected chi connectivity index (χ2v) is 6.19. The quantitative estimate of drug-likeness (QED) is 0.470. The Hall–Kier alpha value is -1.50.